The summed E-state index contributed by atoms with van der Waals surface area (Å²) in [6, 6.07) is 7.76. The standard InChI is InChI=1S/C24H35NO4Si/c1-16(2)30(17(3)4,18(5)6)29-22(13-9-10-14-26)24-20(15-23(27)28)19-11-7-8-12-21(19)25-24/h7-8,11-12,16-18,22,25-26H,13-15H2,1-6H3,(H,27,28). The highest BCUT2D eigenvalue weighted by atomic mass is 28.4. The number of para-hydroxylation sites is 1. The van der Waals surface area contributed by atoms with Gasteiger partial charge >= 0.3 is 5.97 Å². The fourth-order valence-corrected chi connectivity index (χ4v) is 10.4. The Morgan fingerprint density at radius 1 is 1.07 bits per heavy atom. The molecule has 1 atom stereocenters. The van der Waals surface area contributed by atoms with Crippen LogP contribution < -0.4 is 0 Å². The van der Waals surface area contributed by atoms with Crippen LogP contribution in [-0.4, -0.2) is 36.1 Å². The SMILES string of the molecule is CC(C)[Si](OC(CC#CCO)c1[nH]c2ccccc2c1CC(=O)O)(C(C)C)C(C)C. The van der Waals surface area contributed by atoms with Gasteiger partial charge in [-0.2, -0.15) is 0 Å². The van der Waals surface area contributed by atoms with Crippen LogP contribution in [0.4, 0.5) is 0 Å². The minimum absolute atomic E-state index is 0.0772. The highest BCUT2D eigenvalue weighted by Gasteiger charge is 2.47. The molecule has 1 aromatic heterocycles. The Hall–Kier alpha value is -2.07. The number of aromatic amines is 1. The lowest BCUT2D eigenvalue weighted by Gasteiger charge is -2.44. The summed E-state index contributed by atoms with van der Waals surface area (Å²) in [5.74, 6) is 4.88. The molecule has 2 aromatic rings. The molecule has 0 bridgehead atoms. The van der Waals surface area contributed by atoms with Gasteiger partial charge < -0.3 is 19.6 Å². The number of rotatable bonds is 9. The van der Waals surface area contributed by atoms with Gasteiger partial charge in [-0.05, 0) is 28.3 Å². The number of aliphatic carboxylic acids is 1. The van der Waals surface area contributed by atoms with Crippen LogP contribution in [0.25, 0.3) is 10.9 Å². The smallest absolute Gasteiger partial charge is 0.307 e. The molecule has 0 aliphatic heterocycles. The number of H-pyrrole nitrogens is 1. The number of aliphatic hydroxyl groups is 1. The Kier molecular flexibility index (Phi) is 8.31. The number of fused-ring (bicyclic) bond motifs is 1. The topological polar surface area (TPSA) is 82.5 Å². The van der Waals surface area contributed by atoms with Crippen molar-refractivity contribution >= 4 is 25.2 Å². The van der Waals surface area contributed by atoms with Crippen molar-refractivity contribution < 1.29 is 19.4 Å². The second-order valence-electron chi connectivity index (χ2n) is 8.77. The van der Waals surface area contributed by atoms with Crippen molar-refractivity contribution in [1.82, 2.24) is 4.98 Å². The maximum absolute atomic E-state index is 11.6. The van der Waals surface area contributed by atoms with E-state index in [-0.39, 0.29) is 19.1 Å². The minimum Gasteiger partial charge on any atom is -0.481 e. The molecule has 0 fully saturated rings. The van der Waals surface area contributed by atoms with Crippen LogP contribution in [0.3, 0.4) is 0 Å². The molecule has 3 N–H and O–H groups in total. The van der Waals surface area contributed by atoms with E-state index in [0.29, 0.717) is 23.0 Å². The van der Waals surface area contributed by atoms with Crippen LogP contribution in [0.2, 0.25) is 16.6 Å². The molecule has 0 radical (unpaired) electrons. The third kappa shape index (κ3) is 4.97. The van der Waals surface area contributed by atoms with Crippen molar-refractivity contribution in [2.75, 3.05) is 6.61 Å². The summed E-state index contributed by atoms with van der Waals surface area (Å²) in [6.45, 7) is 13.2. The largest absolute Gasteiger partial charge is 0.481 e. The van der Waals surface area contributed by atoms with Gasteiger partial charge in [0.05, 0.1) is 12.5 Å². The lowest BCUT2D eigenvalue weighted by Crippen LogP contribution is -2.48. The number of aliphatic hydroxyl groups excluding tert-OH is 1. The zero-order valence-electron chi connectivity index (χ0n) is 19.0. The summed E-state index contributed by atoms with van der Waals surface area (Å²) in [5, 5.41) is 19.6. The fraction of sp³-hybridized carbons (Fsp3) is 0.542. The normalized spacial score (nSPS) is 13.1. The molecule has 5 nitrogen and oxygen atoms in total. The highest BCUT2D eigenvalue weighted by Crippen LogP contribution is 2.46. The van der Waals surface area contributed by atoms with Gasteiger partial charge in [-0.15, -0.1) is 0 Å². The first kappa shape index (κ1) is 24.2. The summed E-state index contributed by atoms with van der Waals surface area (Å²) in [7, 11) is -2.24. The quantitative estimate of drug-likeness (QED) is 0.367. The number of carbonyl (C=O) groups is 1. The number of aromatic nitrogens is 1. The number of hydrogen-bond acceptors (Lipinski definition) is 3. The molecule has 1 heterocycles. The molecular formula is C24H35NO4Si. The fourth-order valence-electron chi connectivity index (χ4n) is 4.92. The zero-order chi connectivity index (χ0) is 22.5. The minimum atomic E-state index is -2.24. The predicted octanol–water partition coefficient (Wildman–Crippen LogP) is 5.41. The van der Waals surface area contributed by atoms with E-state index in [1.807, 2.05) is 24.3 Å². The van der Waals surface area contributed by atoms with Gasteiger partial charge in [0.1, 0.15) is 6.61 Å². The van der Waals surface area contributed by atoms with E-state index in [2.05, 4.69) is 58.4 Å². The molecular weight excluding hydrogens is 394 g/mol. The maximum atomic E-state index is 11.6. The van der Waals surface area contributed by atoms with Crippen molar-refractivity contribution in [2.45, 2.75) is 77.1 Å². The average Bonchev–Trinajstić information content (AvgIpc) is 3.01. The third-order valence-corrected chi connectivity index (χ3v) is 12.1. The molecule has 0 aliphatic carbocycles. The van der Waals surface area contributed by atoms with Crippen molar-refractivity contribution in [3.63, 3.8) is 0 Å². The Morgan fingerprint density at radius 2 is 1.67 bits per heavy atom. The molecule has 0 aliphatic rings. The average molecular weight is 430 g/mol. The summed E-state index contributed by atoms with van der Waals surface area (Å²) in [4.78, 5) is 15.1. The molecule has 0 saturated heterocycles. The maximum Gasteiger partial charge on any atom is 0.307 e. The van der Waals surface area contributed by atoms with Crippen LogP contribution in [-0.2, 0) is 15.6 Å². The summed E-state index contributed by atoms with van der Waals surface area (Å²) < 4.78 is 7.04. The first-order valence-electron chi connectivity index (χ1n) is 10.7. The predicted molar refractivity (Wildman–Crippen MR) is 124 cm³/mol. The Morgan fingerprint density at radius 3 is 2.20 bits per heavy atom. The molecule has 0 amide bonds. The molecule has 1 aromatic carbocycles. The molecule has 30 heavy (non-hydrogen) atoms. The Labute approximate surface area is 181 Å². The Balaban J connectivity index is 2.66. The first-order valence-corrected chi connectivity index (χ1v) is 12.8. The van der Waals surface area contributed by atoms with E-state index in [1.54, 1.807) is 0 Å². The lowest BCUT2D eigenvalue weighted by atomic mass is 10.0. The van der Waals surface area contributed by atoms with E-state index in [4.69, 9.17) is 9.53 Å². The van der Waals surface area contributed by atoms with E-state index in [0.717, 1.165) is 22.2 Å². The lowest BCUT2D eigenvalue weighted by molar-refractivity contribution is -0.136. The van der Waals surface area contributed by atoms with E-state index < -0.39 is 14.3 Å². The summed E-state index contributed by atoms with van der Waals surface area (Å²) >= 11 is 0. The van der Waals surface area contributed by atoms with Gasteiger partial charge in [0.15, 0.2) is 0 Å². The Bertz CT molecular complexity index is 898. The van der Waals surface area contributed by atoms with Crippen molar-refractivity contribution in [3.05, 3.63) is 35.5 Å². The van der Waals surface area contributed by atoms with Gasteiger partial charge in [-0.1, -0.05) is 71.6 Å². The molecule has 0 spiro atoms. The summed E-state index contributed by atoms with van der Waals surface area (Å²) in [6.07, 6.45) is -0.0442. The highest BCUT2D eigenvalue weighted by molar-refractivity contribution is 6.77. The van der Waals surface area contributed by atoms with E-state index in [1.165, 1.54) is 0 Å². The van der Waals surface area contributed by atoms with Gasteiger partial charge in [-0.25, -0.2) is 0 Å². The van der Waals surface area contributed by atoms with Crippen molar-refractivity contribution in [3.8, 4) is 11.8 Å². The number of carboxylic acid groups (broad SMARTS) is 1. The number of carboxylic acids is 1. The van der Waals surface area contributed by atoms with Crippen LogP contribution in [0, 0.1) is 11.8 Å². The number of hydrogen-bond donors (Lipinski definition) is 3. The molecule has 0 saturated carbocycles. The molecule has 2 rings (SSSR count). The van der Waals surface area contributed by atoms with Crippen molar-refractivity contribution in [2.24, 2.45) is 0 Å². The van der Waals surface area contributed by atoms with Gasteiger partial charge in [-0.3, -0.25) is 4.79 Å². The second-order valence-corrected chi connectivity index (χ2v) is 14.2. The summed E-state index contributed by atoms with van der Waals surface area (Å²) in [5.41, 5.74) is 3.62. The number of benzene rings is 1. The number of nitrogens with one attached hydrogen (secondary N) is 1. The second kappa shape index (κ2) is 10.3. The van der Waals surface area contributed by atoms with E-state index >= 15 is 0 Å². The van der Waals surface area contributed by atoms with Gasteiger partial charge in [0, 0.05) is 23.0 Å². The van der Waals surface area contributed by atoms with Crippen LogP contribution in [0.5, 0.6) is 0 Å². The van der Waals surface area contributed by atoms with Gasteiger partial charge in [0.25, 0.3) is 0 Å². The molecule has 164 valence electrons. The molecule has 6 heteroatoms. The van der Waals surface area contributed by atoms with Crippen LogP contribution >= 0.6 is 0 Å². The third-order valence-electron chi connectivity index (χ3n) is 6.04. The van der Waals surface area contributed by atoms with Crippen molar-refractivity contribution in [1.29, 1.82) is 0 Å². The molecule has 1 unspecified atom stereocenters. The van der Waals surface area contributed by atoms with E-state index in [9.17, 15) is 9.90 Å². The van der Waals surface area contributed by atoms with Crippen LogP contribution in [0.15, 0.2) is 24.3 Å². The van der Waals surface area contributed by atoms with Gasteiger partial charge in [0.2, 0.25) is 8.32 Å². The first-order chi connectivity index (χ1) is 14.1. The van der Waals surface area contributed by atoms with Crippen LogP contribution in [0.1, 0.15) is 65.3 Å². The monoisotopic (exact) mass is 429 g/mol. The zero-order valence-corrected chi connectivity index (χ0v) is 20.0.